The molecular formula is C16H11FN2O2S2. The monoisotopic (exact) mass is 346 g/mol. The number of H-pyrrole nitrogens is 1. The van der Waals surface area contributed by atoms with E-state index in [4.69, 9.17) is 0 Å². The van der Waals surface area contributed by atoms with Gasteiger partial charge < -0.3 is 4.98 Å². The van der Waals surface area contributed by atoms with Crippen molar-refractivity contribution in [3.05, 3.63) is 54.0 Å². The summed E-state index contributed by atoms with van der Waals surface area (Å²) in [4.78, 5) is 4.60. The Kier molecular flexibility index (Phi) is 3.88. The molecule has 1 aromatic heterocycles. The van der Waals surface area contributed by atoms with Gasteiger partial charge in [-0.05, 0) is 36.4 Å². The molecule has 1 heterocycles. The molecule has 0 radical (unpaired) electrons. The Balaban J connectivity index is 2.12. The Morgan fingerprint density at radius 1 is 1.17 bits per heavy atom. The molecule has 4 nitrogen and oxygen atoms in total. The maximum absolute atomic E-state index is 13.0. The van der Waals surface area contributed by atoms with Crippen LogP contribution < -0.4 is 0 Å². The minimum atomic E-state index is -3.32. The van der Waals surface area contributed by atoms with Crippen molar-refractivity contribution in [3.8, 4) is 6.07 Å². The number of nitrogens with one attached hydrogen (secondary N) is 1. The van der Waals surface area contributed by atoms with Crippen molar-refractivity contribution in [2.45, 2.75) is 14.7 Å². The molecule has 7 heteroatoms. The number of sulfone groups is 1. The number of aromatic nitrogens is 1. The first-order valence-corrected chi connectivity index (χ1v) is 9.28. The van der Waals surface area contributed by atoms with Gasteiger partial charge in [0.25, 0.3) is 0 Å². The molecule has 0 bridgehead atoms. The van der Waals surface area contributed by atoms with E-state index >= 15 is 0 Å². The number of aromatic amines is 1. The fourth-order valence-corrected chi connectivity index (χ4v) is 3.83. The lowest BCUT2D eigenvalue weighted by Gasteiger charge is -2.02. The zero-order valence-corrected chi connectivity index (χ0v) is 13.6. The number of nitriles is 1. The van der Waals surface area contributed by atoms with E-state index in [-0.39, 0.29) is 10.7 Å². The third-order valence-corrected chi connectivity index (χ3v) is 5.54. The maximum Gasteiger partial charge on any atom is 0.175 e. The fraction of sp³-hybridized carbons (Fsp3) is 0.0625. The van der Waals surface area contributed by atoms with Crippen LogP contribution in [0.15, 0.2) is 57.2 Å². The van der Waals surface area contributed by atoms with Crippen molar-refractivity contribution in [1.29, 1.82) is 5.26 Å². The minimum Gasteiger partial charge on any atom is -0.345 e. The normalized spacial score (nSPS) is 11.5. The summed E-state index contributed by atoms with van der Waals surface area (Å²) >= 11 is 1.33. The number of rotatable bonds is 3. The van der Waals surface area contributed by atoms with E-state index in [1.807, 2.05) is 0 Å². The van der Waals surface area contributed by atoms with Crippen molar-refractivity contribution in [2.75, 3.05) is 6.26 Å². The lowest BCUT2D eigenvalue weighted by molar-refractivity contribution is 0.602. The number of halogens is 1. The molecule has 23 heavy (non-hydrogen) atoms. The second-order valence-corrected chi connectivity index (χ2v) is 8.08. The molecule has 0 aliphatic heterocycles. The van der Waals surface area contributed by atoms with Gasteiger partial charge in [-0.25, -0.2) is 12.8 Å². The van der Waals surface area contributed by atoms with Crippen LogP contribution in [0.4, 0.5) is 4.39 Å². The van der Waals surface area contributed by atoms with Gasteiger partial charge in [0, 0.05) is 22.1 Å². The highest BCUT2D eigenvalue weighted by atomic mass is 32.2. The van der Waals surface area contributed by atoms with Gasteiger partial charge >= 0.3 is 0 Å². The topological polar surface area (TPSA) is 73.7 Å². The maximum atomic E-state index is 13.0. The molecule has 0 aliphatic rings. The molecule has 0 saturated heterocycles. The van der Waals surface area contributed by atoms with Gasteiger partial charge in [0.1, 0.15) is 17.6 Å². The number of fused-ring (bicyclic) bond motifs is 1. The van der Waals surface area contributed by atoms with Crippen molar-refractivity contribution in [2.24, 2.45) is 0 Å². The number of hydrogen-bond donors (Lipinski definition) is 1. The lowest BCUT2D eigenvalue weighted by atomic mass is 10.2. The molecular weight excluding hydrogens is 335 g/mol. The summed E-state index contributed by atoms with van der Waals surface area (Å²) < 4.78 is 36.3. The Hall–Kier alpha value is -2.30. The van der Waals surface area contributed by atoms with Gasteiger partial charge in [0.2, 0.25) is 0 Å². The molecule has 0 atom stereocenters. The summed E-state index contributed by atoms with van der Waals surface area (Å²) in [6.07, 6.45) is 1.14. The van der Waals surface area contributed by atoms with Crippen LogP contribution in [0.3, 0.4) is 0 Å². The van der Waals surface area contributed by atoms with Crippen molar-refractivity contribution in [1.82, 2.24) is 4.98 Å². The standard InChI is InChI=1S/C16H11FN2O2S2/c1-23(20,21)12-6-7-13-14(8-12)19-15(9-18)16(13)22-11-4-2-10(17)3-5-11/h2-8,19H,1H3. The van der Waals surface area contributed by atoms with Gasteiger partial charge in [-0.1, -0.05) is 17.8 Å². The molecule has 0 spiro atoms. The van der Waals surface area contributed by atoms with Crippen molar-refractivity contribution < 1.29 is 12.8 Å². The Labute approximate surface area is 136 Å². The molecule has 0 fully saturated rings. The molecule has 0 unspecified atom stereocenters. The Morgan fingerprint density at radius 3 is 2.48 bits per heavy atom. The second-order valence-electron chi connectivity index (χ2n) is 4.98. The number of nitrogens with zero attached hydrogens (tertiary/aromatic N) is 1. The van der Waals surface area contributed by atoms with E-state index in [1.54, 1.807) is 18.2 Å². The first-order valence-electron chi connectivity index (χ1n) is 6.58. The molecule has 0 amide bonds. The zero-order valence-electron chi connectivity index (χ0n) is 12.0. The van der Waals surface area contributed by atoms with Gasteiger partial charge in [0.05, 0.1) is 9.79 Å². The van der Waals surface area contributed by atoms with Crippen LogP contribution in [0, 0.1) is 17.1 Å². The molecule has 1 N–H and O–H groups in total. The molecule has 116 valence electrons. The fourth-order valence-electron chi connectivity index (χ4n) is 2.19. The zero-order chi connectivity index (χ0) is 16.6. The average molecular weight is 346 g/mol. The summed E-state index contributed by atoms with van der Waals surface area (Å²) in [5.74, 6) is -0.327. The smallest absolute Gasteiger partial charge is 0.175 e. The summed E-state index contributed by atoms with van der Waals surface area (Å²) in [5.41, 5.74) is 0.925. The van der Waals surface area contributed by atoms with Crippen LogP contribution in [-0.4, -0.2) is 19.7 Å². The van der Waals surface area contributed by atoms with Crippen molar-refractivity contribution in [3.63, 3.8) is 0 Å². The highest BCUT2D eigenvalue weighted by Gasteiger charge is 2.15. The third-order valence-electron chi connectivity index (χ3n) is 3.30. The number of benzene rings is 2. The molecule has 0 saturated carbocycles. The van der Waals surface area contributed by atoms with E-state index in [2.05, 4.69) is 11.1 Å². The third kappa shape index (κ3) is 3.09. The van der Waals surface area contributed by atoms with Crippen LogP contribution in [0.25, 0.3) is 10.9 Å². The summed E-state index contributed by atoms with van der Waals surface area (Å²) in [6.45, 7) is 0. The van der Waals surface area contributed by atoms with Gasteiger partial charge in [-0.15, -0.1) is 0 Å². The highest BCUT2D eigenvalue weighted by molar-refractivity contribution is 7.99. The Morgan fingerprint density at radius 2 is 1.87 bits per heavy atom. The van der Waals surface area contributed by atoms with Crippen LogP contribution in [0.2, 0.25) is 0 Å². The predicted octanol–water partition coefficient (Wildman–Crippen LogP) is 3.73. The average Bonchev–Trinajstić information content (AvgIpc) is 2.86. The van der Waals surface area contributed by atoms with E-state index in [0.29, 0.717) is 16.1 Å². The quantitative estimate of drug-likeness (QED) is 0.784. The van der Waals surface area contributed by atoms with Gasteiger partial charge in [-0.2, -0.15) is 5.26 Å². The van der Waals surface area contributed by atoms with Crippen LogP contribution in [0.1, 0.15) is 5.69 Å². The van der Waals surface area contributed by atoms with Crippen molar-refractivity contribution >= 4 is 32.5 Å². The van der Waals surface area contributed by atoms with E-state index in [9.17, 15) is 18.1 Å². The van der Waals surface area contributed by atoms with Crippen LogP contribution in [0.5, 0.6) is 0 Å². The van der Waals surface area contributed by atoms with Gasteiger partial charge in [0.15, 0.2) is 9.84 Å². The lowest BCUT2D eigenvalue weighted by Crippen LogP contribution is -1.96. The molecule has 3 aromatic rings. The van der Waals surface area contributed by atoms with Crippen LogP contribution >= 0.6 is 11.8 Å². The molecule has 3 rings (SSSR count). The highest BCUT2D eigenvalue weighted by Crippen LogP contribution is 2.37. The molecule has 0 aliphatic carbocycles. The summed E-state index contributed by atoms with van der Waals surface area (Å²) in [7, 11) is -3.32. The first kappa shape index (κ1) is 15.6. The second kappa shape index (κ2) is 5.72. The van der Waals surface area contributed by atoms with E-state index < -0.39 is 9.84 Å². The van der Waals surface area contributed by atoms with Gasteiger partial charge in [-0.3, -0.25) is 0 Å². The summed E-state index contributed by atoms with van der Waals surface area (Å²) in [5, 5.41) is 10.1. The van der Waals surface area contributed by atoms with E-state index in [1.165, 1.54) is 36.0 Å². The molecule has 2 aromatic carbocycles. The largest absolute Gasteiger partial charge is 0.345 e. The van der Waals surface area contributed by atoms with E-state index in [0.717, 1.165) is 16.5 Å². The minimum absolute atomic E-state index is 0.189. The first-order chi connectivity index (χ1) is 10.9. The SMILES string of the molecule is CS(=O)(=O)c1ccc2c(Sc3ccc(F)cc3)c(C#N)[nH]c2c1. The summed E-state index contributed by atoms with van der Waals surface area (Å²) in [6, 6.07) is 12.7. The predicted molar refractivity (Wildman–Crippen MR) is 86.6 cm³/mol. The van der Waals surface area contributed by atoms with Crippen LogP contribution in [-0.2, 0) is 9.84 Å². The Bertz CT molecular complexity index is 1030. The number of hydrogen-bond acceptors (Lipinski definition) is 4.